The number of halogens is 1. The number of hydrogen-bond acceptors (Lipinski definition) is 0. The van der Waals surface area contributed by atoms with Gasteiger partial charge in [-0.15, -0.1) is 13.2 Å². The van der Waals surface area contributed by atoms with Crippen molar-refractivity contribution in [1.29, 1.82) is 0 Å². The largest absolute Gasteiger partial charge is 0.244 e. The summed E-state index contributed by atoms with van der Waals surface area (Å²) in [5.41, 5.74) is -0.886. The number of allylic oxidation sites excluding steroid dienone is 2. The second-order valence-electron chi connectivity index (χ2n) is 6.73. The summed E-state index contributed by atoms with van der Waals surface area (Å²) < 4.78 is 14.6. The van der Waals surface area contributed by atoms with Gasteiger partial charge in [-0.25, -0.2) is 4.39 Å². The van der Waals surface area contributed by atoms with E-state index in [2.05, 4.69) is 19.2 Å². The first-order chi connectivity index (χ1) is 9.17. The van der Waals surface area contributed by atoms with Crippen molar-refractivity contribution in [3.63, 3.8) is 0 Å². The summed E-state index contributed by atoms with van der Waals surface area (Å²) in [7, 11) is 0. The summed E-state index contributed by atoms with van der Waals surface area (Å²) in [6.45, 7) is 7.62. The van der Waals surface area contributed by atoms with Crippen LogP contribution in [0.5, 0.6) is 0 Å². The van der Waals surface area contributed by atoms with Crippen molar-refractivity contribution in [3.05, 3.63) is 25.3 Å². The van der Waals surface area contributed by atoms with Gasteiger partial charge in [0, 0.05) is 0 Å². The van der Waals surface area contributed by atoms with E-state index in [1.807, 2.05) is 6.08 Å². The number of alkyl halides is 1. The Bertz CT molecular complexity index is 291. The molecule has 0 aliphatic heterocycles. The van der Waals surface area contributed by atoms with Gasteiger partial charge >= 0.3 is 0 Å². The van der Waals surface area contributed by atoms with Crippen LogP contribution in [0.4, 0.5) is 4.39 Å². The second kappa shape index (κ2) is 6.72. The highest BCUT2D eigenvalue weighted by molar-refractivity contribution is 4.92. The topological polar surface area (TPSA) is 0 Å². The first-order valence-electron chi connectivity index (χ1n) is 8.09. The SMILES string of the molecule is C=CCCC1(F)CCC(C2CCC(C=C)CC2)CC1. The zero-order chi connectivity index (χ0) is 13.7. The molecule has 0 nitrogen and oxygen atoms in total. The monoisotopic (exact) mass is 264 g/mol. The molecule has 0 unspecified atom stereocenters. The summed E-state index contributed by atoms with van der Waals surface area (Å²) in [5, 5.41) is 0. The zero-order valence-corrected chi connectivity index (χ0v) is 12.2. The fourth-order valence-corrected chi connectivity index (χ4v) is 4.09. The van der Waals surface area contributed by atoms with Crippen molar-refractivity contribution < 1.29 is 4.39 Å². The van der Waals surface area contributed by atoms with Crippen LogP contribution in [0.3, 0.4) is 0 Å². The molecule has 2 rings (SSSR count). The van der Waals surface area contributed by atoms with E-state index < -0.39 is 5.67 Å². The second-order valence-corrected chi connectivity index (χ2v) is 6.73. The van der Waals surface area contributed by atoms with Gasteiger partial charge in [-0.2, -0.15) is 0 Å². The maximum atomic E-state index is 14.6. The smallest absolute Gasteiger partial charge is 0.111 e. The number of rotatable bonds is 5. The molecule has 0 N–H and O–H groups in total. The van der Waals surface area contributed by atoms with Gasteiger partial charge in [-0.3, -0.25) is 0 Å². The highest BCUT2D eigenvalue weighted by Gasteiger charge is 2.37. The molecule has 0 amide bonds. The van der Waals surface area contributed by atoms with Crippen molar-refractivity contribution in [2.45, 2.75) is 69.9 Å². The van der Waals surface area contributed by atoms with E-state index in [0.717, 1.165) is 49.9 Å². The Kier molecular flexibility index (Phi) is 5.24. The van der Waals surface area contributed by atoms with Gasteiger partial charge in [0.15, 0.2) is 0 Å². The van der Waals surface area contributed by atoms with Gasteiger partial charge in [0.2, 0.25) is 0 Å². The molecular weight excluding hydrogens is 235 g/mol. The van der Waals surface area contributed by atoms with Crippen LogP contribution >= 0.6 is 0 Å². The standard InChI is InChI=1S/C18H29F/c1-3-5-12-18(19)13-10-17(11-14-18)16-8-6-15(4-2)7-9-16/h3-4,15-17H,1-2,5-14H2. The van der Waals surface area contributed by atoms with Crippen LogP contribution in [0.1, 0.15) is 64.2 Å². The molecule has 0 aromatic heterocycles. The van der Waals surface area contributed by atoms with E-state index in [-0.39, 0.29) is 0 Å². The minimum Gasteiger partial charge on any atom is -0.244 e. The van der Waals surface area contributed by atoms with Gasteiger partial charge < -0.3 is 0 Å². The summed E-state index contributed by atoms with van der Waals surface area (Å²) in [4.78, 5) is 0. The highest BCUT2D eigenvalue weighted by Crippen LogP contribution is 2.45. The van der Waals surface area contributed by atoms with Crippen LogP contribution < -0.4 is 0 Å². The van der Waals surface area contributed by atoms with Crippen LogP contribution in [-0.2, 0) is 0 Å². The Hall–Kier alpha value is -0.590. The van der Waals surface area contributed by atoms with Crippen molar-refractivity contribution >= 4 is 0 Å². The molecule has 108 valence electrons. The predicted molar refractivity (Wildman–Crippen MR) is 80.9 cm³/mol. The molecular formula is C18H29F. The quantitative estimate of drug-likeness (QED) is 0.547. The van der Waals surface area contributed by atoms with E-state index in [1.165, 1.54) is 25.7 Å². The molecule has 1 heteroatoms. The summed E-state index contributed by atoms with van der Waals surface area (Å²) in [5.74, 6) is 2.39. The van der Waals surface area contributed by atoms with Gasteiger partial charge in [-0.05, 0) is 82.0 Å². The molecule has 2 saturated carbocycles. The van der Waals surface area contributed by atoms with E-state index in [1.54, 1.807) is 0 Å². The first kappa shape index (κ1) is 14.8. The fraction of sp³-hybridized carbons (Fsp3) is 0.778. The fourth-order valence-electron chi connectivity index (χ4n) is 4.09. The van der Waals surface area contributed by atoms with Gasteiger partial charge in [0.1, 0.15) is 5.67 Å². The zero-order valence-electron chi connectivity index (χ0n) is 12.2. The molecule has 0 aromatic rings. The molecule has 0 saturated heterocycles. The maximum Gasteiger partial charge on any atom is 0.111 e. The highest BCUT2D eigenvalue weighted by atomic mass is 19.1. The molecule has 0 aromatic carbocycles. The van der Waals surface area contributed by atoms with Gasteiger partial charge in [-0.1, -0.05) is 12.2 Å². The number of hydrogen-bond donors (Lipinski definition) is 0. The Morgan fingerprint density at radius 1 is 0.947 bits per heavy atom. The third-order valence-electron chi connectivity index (χ3n) is 5.54. The predicted octanol–water partition coefficient (Wildman–Crippen LogP) is 5.84. The van der Waals surface area contributed by atoms with E-state index in [9.17, 15) is 4.39 Å². The summed E-state index contributed by atoms with van der Waals surface area (Å²) in [6.07, 6.45) is 14.6. The van der Waals surface area contributed by atoms with Crippen LogP contribution in [0.25, 0.3) is 0 Å². The van der Waals surface area contributed by atoms with Crippen LogP contribution in [-0.4, -0.2) is 5.67 Å². The van der Waals surface area contributed by atoms with Crippen molar-refractivity contribution in [2.75, 3.05) is 0 Å². The van der Waals surface area contributed by atoms with Crippen LogP contribution in [0.2, 0.25) is 0 Å². The third-order valence-corrected chi connectivity index (χ3v) is 5.54. The Balaban J connectivity index is 1.77. The molecule has 2 fully saturated rings. The average Bonchev–Trinajstić information content (AvgIpc) is 2.46. The molecule has 19 heavy (non-hydrogen) atoms. The summed E-state index contributed by atoms with van der Waals surface area (Å²) in [6, 6.07) is 0. The molecule has 2 aliphatic carbocycles. The molecule has 0 heterocycles. The molecule has 2 aliphatic rings. The normalized spacial score (nSPS) is 39.7. The van der Waals surface area contributed by atoms with Crippen molar-refractivity contribution in [2.24, 2.45) is 17.8 Å². The van der Waals surface area contributed by atoms with Gasteiger partial charge in [0.25, 0.3) is 0 Å². The molecule has 0 radical (unpaired) electrons. The Labute approximate surface area is 118 Å². The van der Waals surface area contributed by atoms with E-state index in [4.69, 9.17) is 0 Å². The lowest BCUT2D eigenvalue weighted by atomic mass is 9.68. The average molecular weight is 264 g/mol. The van der Waals surface area contributed by atoms with Crippen LogP contribution in [0, 0.1) is 17.8 Å². The van der Waals surface area contributed by atoms with Crippen molar-refractivity contribution in [3.8, 4) is 0 Å². The van der Waals surface area contributed by atoms with Crippen LogP contribution in [0.15, 0.2) is 25.3 Å². The first-order valence-corrected chi connectivity index (χ1v) is 8.09. The molecule has 0 atom stereocenters. The minimum atomic E-state index is -0.886. The van der Waals surface area contributed by atoms with Crippen molar-refractivity contribution in [1.82, 2.24) is 0 Å². The third kappa shape index (κ3) is 3.94. The molecule has 0 spiro atoms. The van der Waals surface area contributed by atoms with E-state index >= 15 is 0 Å². The lowest BCUT2D eigenvalue weighted by Gasteiger charge is -2.39. The lowest BCUT2D eigenvalue weighted by molar-refractivity contribution is 0.0504. The lowest BCUT2D eigenvalue weighted by Crippen LogP contribution is -2.33. The Morgan fingerprint density at radius 3 is 2.05 bits per heavy atom. The van der Waals surface area contributed by atoms with E-state index in [0.29, 0.717) is 6.42 Å². The maximum absolute atomic E-state index is 14.6. The minimum absolute atomic E-state index is 0.687. The van der Waals surface area contributed by atoms with Gasteiger partial charge in [0.05, 0.1) is 0 Å². The molecule has 0 bridgehead atoms. The summed E-state index contributed by atoms with van der Waals surface area (Å²) >= 11 is 0. The Morgan fingerprint density at radius 2 is 1.53 bits per heavy atom.